The molecule has 0 aliphatic rings. The molecule has 29 heavy (non-hydrogen) atoms. The number of pyridine rings is 1. The van der Waals surface area contributed by atoms with Crippen LogP contribution < -0.4 is 24.8 Å². The summed E-state index contributed by atoms with van der Waals surface area (Å²) in [5.74, 6) is 1.98. The summed E-state index contributed by atoms with van der Waals surface area (Å²) in [6.07, 6.45) is 2.35. The van der Waals surface area contributed by atoms with E-state index in [4.69, 9.17) is 14.2 Å². The molecule has 0 radical (unpaired) electrons. The fraction of sp³-hybridized carbons (Fsp3) is 0.333. The Bertz CT molecular complexity index is 953. The summed E-state index contributed by atoms with van der Waals surface area (Å²) in [7, 11) is 3.17. The van der Waals surface area contributed by atoms with Gasteiger partial charge in [0.25, 0.3) is 0 Å². The van der Waals surface area contributed by atoms with Crippen LogP contribution in [-0.2, 0) is 6.42 Å². The predicted molar refractivity (Wildman–Crippen MR) is 111 cm³/mol. The average molecular weight is 398 g/mol. The maximum Gasteiger partial charge on any atom is 0.314 e. The normalized spacial score (nSPS) is 10.6. The molecule has 3 N–H and O–H groups in total. The highest BCUT2D eigenvalue weighted by molar-refractivity contribution is 5.86. The largest absolute Gasteiger partial charge is 0.490 e. The van der Waals surface area contributed by atoms with Gasteiger partial charge >= 0.3 is 6.03 Å². The third-order valence-corrected chi connectivity index (χ3v) is 4.52. The highest BCUT2D eigenvalue weighted by Crippen LogP contribution is 2.26. The van der Waals surface area contributed by atoms with Gasteiger partial charge in [-0.2, -0.15) is 0 Å². The van der Waals surface area contributed by atoms with Crippen molar-refractivity contribution < 1.29 is 19.0 Å². The summed E-state index contributed by atoms with van der Waals surface area (Å²) in [6, 6.07) is 9.32. The van der Waals surface area contributed by atoms with Gasteiger partial charge in [0.05, 0.1) is 13.3 Å². The van der Waals surface area contributed by atoms with Crippen LogP contribution in [0, 0.1) is 6.92 Å². The number of H-pyrrole nitrogens is 1. The summed E-state index contributed by atoms with van der Waals surface area (Å²) in [5.41, 5.74) is 3.30. The Kier molecular flexibility index (Phi) is 6.78. The molecule has 0 saturated carbocycles. The lowest BCUT2D eigenvalue weighted by Crippen LogP contribution is -2.34. The van der Waals surface area contributed by atoms with Crippen LogP contribution >= 0.6 is 0 Å². The van der Waals surface area contributed by atoms with Crippen LogP contribution in [0.5, 0.6) is 17.4 Å². The van der Waals surface area contributed by atoms with Crippen molar-refractivity contribution in [1.29, 1.82) is 0 Å². The molecule has 0 fully saturated rings. The predicted octanol–water partition coefficient (Wildman–Crippen LogP) is 2.81. The quantitative estimate of drug-likeness (QED) is 0.482. The molecule has 8 nitrogen and oxygen atoms in total. The number of aromatic amines is 1. The molecule has 0 aliphatic heterocycles. The number of ether oxygens (including phenoxy) is 3. The third kappa shape index (κ3) is 5.31. The molecule has 0 aliphatic carbocycles. The van der Waals surface area contributed by atoms with Crippen LogP contribution in [-0.4, -0.2) is 49.9 Å². The van der Waals surface area contributed by atoms with Crippen molar-refractivity contribution in [1.82, 2.24) is 20.6 Å². The molecule has 0 bridgehead atoms. The highest BCUT2D eigenvalue weighted by Gasteiger charge is 2.10. The molecule has 8 heteroatoms. The van der Waals surface area contributed by atoms with E-state index in [-0.39, 0.29) is 6.03 Å². The molecule has 3 rings (SSSR count). The van der Waals surface area contributed by atoms with Gasteiger partial charge < -0.3 is 29.8 Å². The van der Waals surface area contributed by atoms with E-state index >= 15 is 0 Å². The monoisotopic (exact) mass is 398 g/mol. The average Bonchev–Trinajstić information content (AvgIpc) is 3.06. The van der Waals surface area contributed by atoms with E-state index in [0.717, 1.165) is 28.8 Å². The zero-order chi connectivity index (χ0) is 20.6. The van der Waals surface area contributed by atoms with Crippen molar-refractivity contribution in [2.24, 2.45) is 0 Å². The minimum Gasteiger partial charge on any atom is -0.490 e. The molecule has 0 atom stereocenters. The van der Waals surface area contributed by atoms with Crippen LogP contribution in [0.4, 0.5) is 4.79 Å². The van der Waals surface area contributed by atoms with Crippen LogP contribution in [0.3, 0.4) is 0 Å². The molecule has 1 aromatic carbocycles. The van der Waals surface area contributed by atoms with E-state index in [1.165, 1.54) is 5.56 Å². The Morgan fingerprint density at radius 3 is 2.59 bits per heavy atom. The fourth-order valence-electron chi connectivity index (χ4n) is 3.05. The molecule has 2 amide bonds. The van der Waals surface area contributed by atoms with Crippen LogP contribution in [0.15, 0.2) is 36.5 Å². The lowest BCUT2D eigenvalue weighted by Gasteiger charge is -2.09. The lowest BCUT2D eigenvalue weighted by molar-refractivity contribution is 0.216. The number of aromatic nitrogens is 2. The Balaban J connectivity index is 1.56. The highest BCUT2D eigenvalue weighted by atomic mass is 16.5. The van der Waals surface area contributed by atoms with Gasteiger partial charge in [-0.05, 0) is 43.2 Å². The van der Waals surface area contributed by atoms with Gasteiger partial charge in [0.2, 0.25) is 5.88 Å². The van der Waals surface area contributed by atoms with Crippen molar-refractivity contribution in [3.63, 3.8) is 0 Å². The van der Waals surface area contributed by atoms with Crippen molar-refractivity contribution in [2.75, 3.05) is 33.9 Å². The number of carbonyl (C=O) groups is 1. The molecule has 0 spiro atoms. The smallest absolute Gasteiger partial charge is 0.314 e. The number of benzene rings is 1. The number of urea groups is 1. The number of rotatable bonds is 9. The first-order chi connectivity index (χ1) is 14.1. The fourth-order valence-corrected chi connectivity index (χ4v) is 3.05. The second-order valence-corrected chi connectivity index (χ2v) is 6.43. The van der Waals surface area contributed by atoms with E-state index in [1.54, 1.807) is 32.5 Å². The number of carbonyl (C=O) groups excluding carboxylic acids is 1. The zero-order valence-electron chi connectivity index (χ0n) is 16.9. The van der Waals surface area contributed by atoms with Crippen LogP contribution in [0.2, 0.25) is 0 Å². The van der Waals surface area contributed by atoms with Gasteiger partial charge in [-0.3, -0.25) is 0 Å². The van der Waals surface area contributed by atoms with E-state index in [2.05, 4.69) is 20.6 Å². The topological polar surface area (TPSA) is 97.5 Å². The van der Waals surface area contributed by atoms with Gasteiger partial charge in [-0.1, -0.05) is 0 Å². The molecule has 2 aromatic heterocycles. The van der Waals surface area contributed by atoms with E-state index in [0.29, 0.717) is 31.4 Å². The summed E-state index contributed by atoms with van der Waals surface area (Å²) in [5, 5.41) is 6.47. The first-order valence-corrected chi connectivity index (χ1v) is 9.43. The number of hydrogen-bond acceptors (Lipinski definition) is 5. The minimum absolute atomic E-state index is 0.182. The standard InChI is InChI=1S/C21H26N4O4/c1-14-17(8-9-23-21(26)22-2)18-12-15(4-6-19(18)25-14)28-10-11-29-16-5-7-20(27-3)24-13-16/h4-7,12-13,25H,8-11H2,1-3H3,(H2,22,23,26). The summed E-state index contributed by atoms with van der Waals surface area (Å²) in [4.78, 5) is 18.8. The molecule has 3 aromatic rings. The number of hydrogen-bond donors (Lipinski definition) is 3. The Labute approximate surface area is 169 Å². The Hall–Kier alpha value is -3.42. The number of amides is 2. The number of fused-ring (bicyclic) bond motifs is 1. The summed E-state index contributed by atoms with van der Waals surface area (Å²) in [6.45, 7) is 3.41. The Morgan fingerprint density at radius 2 is 1.90 bits per heavy atom. The number of nitrogens with one attached hydrogen (secondary N) is 3. The van der Waals surface area contributed by atoms with Crippen LogP contribution in [0.25, 0.3) is 10.9 Å². The maximum atomic E-state index is 11.4. The second-order valence-electron chi connectivity index (χ2n) is 6.43. The zero-order valence-corrected chi connectivity index (χ0v) is 16.9. The number of nitrogens with zero attached hydrogens (tertiary/aromatic N) is 1. The van der Waals surface area contributed by atoms with Gasteiger partial charge in [0.15, 0.2) is 0 Å². The first kappa shape index (κ1) is 20.3. The van der Waals surface area contributed by atoms with Crippen molar-refractivity contribution in [3.05, 3.63) is 47.8 Å². The first-order valence-electron chi connectivity index (χ1n) is 9.43. The van der Waals surface area contributed by atoms with Gasteiger partial charge in [0, 0.05) is 36.3 Å². The number of aryl methyl sites for hydroxylation is 1. The molecular weight excluding hydrogens is 372 g/mol. The number of methoxy groups -OCH3 is 1. The molecule has 2 heterocycles. The van der Waals surface area contributed by atoms with E-state index in [9.17, 15) is 4.79 Å². The van der Waals surface area contributed by atoms with Gasteiger partial charge in [-0.25, -0.2) is 9.78 Å². The molecule has 0 unspecified atom stereocenters. The Morgan fingerprint density at radius 1 is 1.14 bits per heavy atom. The summed E-state index contributed by atoms with van der Waals surface area (Å²) < 4.78 is 16.5. The molecular formula is C21H26N4O4. The maximum absolute atomic E-state index is 11.4. The van der Waals surface area contributed by atoms with Crippen molar-refractivity contribution >= 4 is 16.9 Å². The van der Waals surface area contributed by atoms with Gasteiger partial charge in [-0.15, -0.1) is 0 Å². The van der Waals surface area contributed by atoms with Gasteiger partial charge in [0.1, 0.15) is 24.7 Å². The van der Waals surface area contributed by atoms with Crippen molar-refractivity contribution in [2.45, 2.75) is 13.3 Å². The molecule has 154 valence electrons. The SMILES string of the molecule is CNC(=O)NCCc1c(C)[nH]c2ccc(OCCOc3ccc(OC)nc3)cc12. The van der Waals surface area contributed by atoms with Crippen LogP contribution in [0.1, 0.15) is 11.3 Å². The lowest BCUT2D eigenvalue weighted by atomic mass is 10.1. The third-order valence-electron chi connectivity index (χ3n) is 4.52. The summed E-state index contributed by atoms with van der Waals surface area (Å²) >= 11 is 0. The minimum atomic E-state index is -0.182. The van der Waals surface area contributed by atoms with Crippen molar-refractivity contribution in [3.8, 4) is 17.4 Å². The molecule has 0 saturated heterocycles. The van der Waals surface area contributed by atoms with E-state index in [1.807, 2.05) is 25.1 Å². The van der Waals surface area contributed by atoms with E-state index < -0.39 is 0 Å². The second kappa shape index (κ2) is 9.68.